The molecule has 0 amide bonds. The van der Waals surface area contributed by atoms with Crippen LogP contribution < -0.4 is 0 Å². The third-order valence-electron chi connectivity index (χ3n) is 1.77. The second-order valence-electron chi connectivity index (χ2n) is 3.04. The number of ether oxygens (including phenoxy) is 1. The molecule has 16 heavy (non-hydrogen) atoms. The maximum absolute atomic E-state index is 12.2. The number of hydrogen-bond acceptors (Lipinski definition) is 4. The van der Waals surface area contributed by atoms with Crippen LogP contribution in [-0.2, 0) is 20.8 Å². The highest BCUT2D eigenvalue weighted by Crippen LogP contribution is 1.99. The number of halogens is 1. The lowest BCUT2D eigenvalue weighted by Gasteiger charge is -2.23. The Hall–Kier alpha value is -0.790. The molecular formula is C9H15FNO4S-. The standard InChI is InChI=1S/C9H16FNO4S/c1-3-4-5-11(16(13)14)6-7-15-9(12)8(2)10/h2-7H2,1H3,(H,13,14)/p-1. The second kappa shape index (κ2) is 8.37. The minimum Gasteiger partial charge on any atom is -0.760 e. The first kappa shape index (κ1) is 15.2. The molecule has 1 unspecified atom stereocenters. The number of unbranched alkanes of at least 4 members (excludes halogenated alkanes) is 1. The van der Waals surface area contributed by atoms with Crippen LogP contribution in [0.15, 0.2) is 12.4 Å². The largest absolute Gasteiger partial charge is 0.760 e. The van der Waals surface area contributed by atoms with Gasteiger partial charge in [0.05, 0.1) is 0 Å². The summed E-state index contributed by atoms with van der Waals surface area (Å²) in [5.41, 5.74) is 0. The molecule has 0 spiro atoms. The van der Waals surface area contributed by atoms with Gasteiger partial charge in [-0.1, -0.05) is 19.9 Å². The van der Waals surface area contributed by atoms with E-state index in [2.05, 4.69) is 11.3 Å². The number of rotatable bonds is 8. The van der Waals surface area contributed by atoms with Crippen LogP contribution in [0.3, 0.4) is 0 Å². The van der Waals surface area contributed by atoms with Crippen molar-refractivity contribution in [2.24, 2.45) is 0 Å². The zero-order valence-electron chi connectivity index (χ0n) is 9.11. The van der Waals surface area contributed by atoms with Crippen LogP contribution in [-0.4, -0.2) is 38.7 Å². The van der Waals surface area contributed by atoms with Crippen LogP contribution >= 0.6 is 0 Å². The van der Waals surface area contributed by atoms with Gasteiger partial charge in [-0.25, -0.2) is 9.10 Å². The van der Waals surface area contributed by atoms with Gasteiger partial charge in [0.25, 0.3) is 0 Å². The Kier molecular flexibility index (Phi) is 7.96. The first-order valence-corrected chi connectivity index (χ1v) is 5.88. The third kappa shape index (κ3) is 6.65. The molecular weight excluding hydrogens is 237 g/mol. The molecule has 0 aliphatic carbocycles. The van der Waals surface area contributed by atoms with Gasteiger partial charge in [-0.15, -0.1) is 0 Å². The van der Waals surface area contributed by atoms with Gasteiger partial charge >= 0.3 is 5.97 Å². The fourth-order valence-corrected chi connectivity index (χ4v) is 1.42. The molecule has 0 bridgehead atoms. The number of carbonyl (C=O) groups excluding carboxylic acids is 1. The molecule has 94 valence electrons. The first-order chi connectivity index (χ1) is 7.49. The normalized spacial score (nSPS) is 12.5. The van der Waals surface area contributed by atoms with Crippen molar-refractivity contribution in [1.29, 1.82) is 0 Å². The van der Waals surface area contributed by atoms with Gasteiger partial charge in [0, 0.05) is 24.4 Å². The summed E-state index contributed by atoms with van der Waals surface area (Å²) in [6.45, 7) is 4.89. The topological polar surface area (TPSA) is 69.7 Å². The smallest absolute Gasteiger partial charge is 0.366 e. The Morgan fingerprint density at radius 2 is 2.19 bits per heavy atom. The highest BCUT2D eigenvalue weighted by molar-refractivity contribution is 7.76. The molecule has 0 saturated heterocycles. The molecule has 5 nitrogen and oxygen atoms in total. The summed E-state index contributed by atoms with van der Waals surface area (Å²) in [4.78, 5) is 10.6. The molecule has 0 saturated carbocycles. The summed E-state index contributed by atoms with van der Waals surface area (Å²) in [5.74, 6) is -2.35. The van der Waals surface area contributed by atoms with Gasteiger partial charge in [0.15, 0.2) is 0 Å². The molecule has 0 heterocycles. The van der Waals surface area contributed by atoms with E-state index in [1.54, 1.807) is 0 Å². The van der Waals surface area contributed by atoms with E-state index in [1.807, 2.05) is 6.92 Å². The molecule has 0 aromatic carbocycles. The average Bonchev–Trinajstić information content (AvgIpc) is 2.21. The lowest BCUT2D eigenvalue weighted by molar-refractivity contribution is -0.140. The fraction of sp³-hybridized carbons (Fsp3) is 0.667. The van der Waals surface area contributed by atoms with Crippen molar-refractivity contribution in [2.75, 3.05) is 19.7 Å². The van der Waals surface area contributed by atoms with Crippen molar-refractivity contribution in [1.82, 2.24) is 4.31 Å². The average molecular weight is 252 g/mol. The van der Waals surface area contributed by atoms with Gasteiger partial charge in [0.1, 0.15) is 6.61 Å². The number of hydrogen-bond donors (Lipinski definition) is 0. The summed E-state index contributed by atoms with van der Waals surface area (Å²) in [5, 5.41) is 0. The van der Waals surface area contributed by atoms with Crippen LogP contribution in [0.1, 0.15) is 19.8 Å². The molecule has 7 heteroatoms. The van der Waals surface area contributed by atoms with E-state index >= 15 is 0 Å². The van der Waals surface area contributed by atoms with E-state index in [0.717, 1.165) is 17.1 Å². The van der Waals surface area contributed by atoms with Crippen LogP contribution in [0.2, 0.25) is 0 Å². The summed E-state index contributed by atoms with van der Waals surface area (Å²) in [6.07, 6.45) is 1.58. The van der Waals surface area contributed by atoms with E-state index in [-0.39, 0.29) is 13.2 Å². The van der Waals surface area contributed by atoms with Gasteiger partial charge < -0.3 is 9.29 Å². The predicted octanol–water partition coefficient (Wildman–Crippen LogP) is 0.909. The minimum absolute atomic E-state index is 0.0229. The Labute approximate surface area is 96.7 Å². The quantitative estimate of drug-likeness (QED) is 0.366. The molecule has 0 aliphatic rings. The number of carbonyl (C=O) groups is 1. The van der Waals surface area contributed by atoms with Crippen LogP contribution in [0.4, 0.5) is 4.39 Å². The highest BCUT2D eigenvalue weighted by Gasteiger charge is 2.09. The Balaban J connectivity index is 3.89. The third-order valence-corrected chi connectivity index (χ3v) is 2.55. The summed E-state index contributed by atoms with van der Waals surface area (Å²) in [6, 6.07) is 0. The SMILES string of the molecule is C=C(F)C(=O)OCCN(CCCC)S(=O)[O-]. The Bertz CT molecular complexity index is 272. The highest BCUT2D eigenvalue weighted by atomic mass is 32.2. The molecule has 0 radical (unpaired) electrons. The van der Waals surface area contributed by atoms with Gasteiger partial charge in [-0.05, 0) is 6.42 Å². The van der Waals surface area contributed by atoms with Gasteiger partial charge in [0.2, 0.25) is 5.83 Å². The summed E-state index contributed by atoms with van der Waals surface area (Å²) < 4.78 is 39.2. The van der Waals surface area contributed by atoms with E-state index < -0.39 is 23.1 Å². The van der Waals surface area contributed by atoms with Crippen molar-refractivity contribution >= 4 is 17.2 Å². The molecule has 0 aliphatic heterocycles. The summed E-state index contributed by atoms with van der Waals surface area (Å²) in [7, 11) is 0. The number of nitrogens with zero attached hydrogens (tertiary/aromatic N) is 1. The van der Waals surface area contributed by atoms with Crippen molar-refractivity contribution in [3.8, 4) is 0 Å². The maximum Gasteiger partial charge on any atom is 0.366 e. The van der Waals surface area contributed by atoms with E-state index in [9.17, 15) is 17.9 Å². The molecule has 1 atom stereocenters. The van der Waals surface area contributed by atoms with Crippen molar-refractivity contribution < 1.29 is 22.7 Å². The monoisotopic (exact) mass is 252 g/mol. The lowest BCUT2D eigenvalue weighted by Crippen LogP contribution is -2.31. The molecule has 0 aromatic heterocycles. The molecule has 0 N–H and O–H groups in total. The van der Waals surface area contributed by atoms with Gasteiger partial charge in [-0.2, -0.15) is 4.39 Å². The maximum atomic E-state index is 12.2. The minimum atomic E-state index is -2.35. The number of esters is 1. The Morgan fingerprint density at radius 1 is 1.56 bits per heavy atom. The molecule has 0 fully saturated rings. The van der Waals surface area contributed by atoms with E-state index in [0.29, 0.717) is 6.54 Å². The van der Waals surface area contributed by atoms with Crippen LogP contribution in [0, 0.1) is 0 Å². The van der Waals surface area contributed by atoms with Crippen molar-refractivity contribution in [3.63, 3.8) is 0 Å². The van der Waals surface area contributed by atoms with Crippen molar-refractivity contribution in [2.45, 2.75) is 19.8 Å². The van der Waals surface area contributed by atoms with Crippen molar-refractivity contribution in [3.05, 3.63) is 12.4 Å². The van der Waals surface area contributed by atoms with Crippen LogP contribution in [0.5, 0.6) is 0 Å². The van der Waals surface area contributed by atoms with Crippen LogP contribution in [0.25, 0.3) is 0 Å². The molecule has 0 rings (SSSR count). The van der Waals surface area contributed by atoms with Gasteiger partial charge in [-0.3, -0.25) is 4.21 Å². The lowest BCUT2D eigenvalue weighted by atomic mass is 10.3. The van der Waals surface area contributed by atoms with E-state index in [1.165, 1.54) is 0 Å². The zero-order chi connectivity index (χ0) is 12.6. The summed E-state index contributed by atoms with van der Waals surface area (Å²) >= 11 is -2.35. The fourth-order valence-electron chi connectivity index (χ4n) is 0.914. The Morgan fingerprint density at radius 3 is 2.62 bits per heavy atom. The second-order valence-corrected chi connectivity index (χ2v) is 3.99. The molecule has 0 aromatic rings. The first-order valence-electron chi connectivity index (χ1n) is 4.84. The zero-order valence-corrected chi connectivity index (χ0v) is 9.93. The predicted molar refractivity (Wildman–Crippen MR) is 56.6 cm³/mol. The van der Waals surface area contributed by atoms with E-state index in [4.69, 9.17) is 0 Å².